The van der Waals surface area contributed by atoms with Gasteiger partial charge in [0.2, 0.25) is 0 Å². The first-order valence-electron chi connectivity index (χ1n) is 13.7. The first-order valence-corrected chi connectivity index (χ1v) is 13.7. The quantitative estimate of drug-likeness (QED) is 0.343. The van der Waals surface area contributed by atoms with Gasteiger partial charge in [-0.2, -0.15) is 0 Å². The number of aldehydes is 1. The van der Waals surface area contributed by atoms with E-state index in [0.717, 1.165) is 61.5 Å². The highest BCUT2D eigenvalue weighted by atomic mass is 19.1. The van der Waals surface area contributed by atoms with Crippen LogP contribution in [0.4, 0.5) is 10.1 Å². The zero-order valence-electron chi connectivity index (χ0n) is 24.5. The molecule has 1 saturated carbocycles. The predicted octanol–water partition coefficient (Wildman–Crippen LogP) is 5.88. The number of imidazole rings is 1. The second kappa shape index (κ2) is 15.4. The van der Waals surface area contributed by atoms with E-state index in [-0.39, 0.29) is 18.0 Å². The average molecular weight is 558 g/mol. The molecule has 220 valence electrons. The molecule has 0 bridgehead atoms. The Morgan fingerprint density at radius 2 is 1.75 bits per heavy atom. The minimum absolute atomic E-state index is 0.250. The van der Waals surface area contributed by atoms with Crippen LogP contribution in [0.25, 0.3) is 11.0 Å². The van der Waals surface area contributed by atoms with Crippen LogP contribution in [0.2, 0.25) is 0 Å². The Hall–Kier alpha value is -3.46. The molecule has 9 heteroatoms. The van der Waals surface area contributed by atoms with Crippen molar-refractivity contribution in [1.29, 1.82) is 0 Å². The van der Waals surface area contributed by atoms with E-state index >= 15 is 0 Å². The van der Waals surface area contributed by atoms with Crippen molar-refractivity contribution >= 4 is 29.5 Å². The van der Waals surface area contributed by atoms with Crippen molar-refractivity contribution in [2.45, 2.75) is 77.2 Å². The summed E-state index contributed by atoms with van der Waals surface area (Å²) in [7, 11) is 4.62. The number of carbonyl (C=O) groups excluding carboxylic acids is 1. The van der Waals surface area contributed by atoms with Gasteiger partial charge < -0.3 is 29.6 Å². The van der Waals surface area contributed by atoms with E-state index in [1.165, 1.54) is 43.7 Å². The van der Waals surface area contributed by atoms with Crippen LogP contribution in [0.5, 0.6) is 5.75 Å². The van der Waals surface area contributed by atoms with Crippen LogP contribution in [-0.2, 0) is 21.4 Å². The molecule has 40 heavy (non-hydrogen) atoms. The molecule has 2 heterocycles. The molecule has 0 saturated heterocycles. The molecular formula is C31H44FN3O5. The minimum atomic E-state index is -0.452. The van der Waals surface area contributed by atoms with Crippen molar-refractivity contribution in [3.8, 4) is 5.75 Å². The molecule has 0 spiro atoms. The zero-order valence-corrected chi connectivity index (χ0v) is 24.5. The molecule has 3 aromatic rings. The van der Waals surface area contributed by atoms with E-state index in [1.807, 2.05) is 6.07 Å². The highest BCUT2D eigenvalue weighted by molar-refractivity contribution is 5.85. The van der Waals surface area contributed by atoms with Gasteiger partial charge in [-0.1, -0.05) is 25.3 Å². The molecule has 1 aliphatic carbocycles. The number of methoxy groups -OCH3 is 1. The summed E-state index contributed by atoms with van der Waals surface area (Å²) in [4.78, 5) is 29.3. The molecule has 8 nitrogen and oxygen atoms in total. The molecule has 2 aliphatic rings. The fourth-order valence-electron chi connectivity index (χ4n) is 5.24. The maximum Gasteiger partial charge on any atom is 0.290 e. The lowest BCUT2D eigenvalue weighted by atomic mass is 9.84. The topological polar surface area (TPSA) is 116 Å². The van der Waals surface area contributed by atoms with Crippen LogP contribution in [0.1, 0.15) is 76.2 Å². The van der Waals surface area contributed by atoms with Crippen molar-refractivity contribution in [1.82, 2.24) is 9.97 Å². The molecule has 5 rings (SSSR count). The zero-order chi connectivity index (χ0) is 29.9. The van der Waals surface area contributed by atoms with Crippen LogP contribution < -0.4 is 9.64 Å². The molecule has 2 aromatic carbocycles. The number of carbonyl (C=O) groups is 2. The Morgan fingerprint density at radius 3 is 2.30 bits per heavy atom. The summed E-state index contributed by atoms with van der Waals surface area (Å²) in [5.74, 6) is 1.15. The maximum absolute atomic E-state index is 14.2. The summed E-state index contributed by atoms with van der Waals surface area (Å²) < 4.78 is 19.3. The van der Waals surface area contributed by atoms with Gasteiger partial charge in [-0.15, -0.1) is 0 Å². The second-order valence-corrected chi connectivity index (χ2v) is 10.7. The number of aryl methyl sites for hydroxylation is 1. The van der Waals surface area contributed by atoms with Gasteiger partial charge in [0.05, 0.1) is 18.1 Å². The fourth-order valence-corrected chi connectivity index (χ4v) is 5.24. The predicted molar refractivity (Wildman–Crippen MR) is 157 cm³/mol. The van der Waals surface area contributed by atoms with Gasteiger partial charge in [0, 0.05) is 42.8 Å². The number of carboxylic acid groups (broad SMARTS) is 1. The van der Waals surface area contributed by atoms with Gasteiger partial charge in [-0.25, -0.2) is 9.37 Å². The molecule has 1 aromatic heterocycles. The maximum atomic E-state index is 14.2. The largest absolute Gasteiger partial charge is 0.494 e. The number of H-pyrrole nitrogens is 1. The molecule has 3 N–H and O–H groups in total. The van der Waals surface area contributed by atoms with Crippen LogP contribution in [-0.4, -0.2) is 60.2 Å². The number of fused-ring (bicyclic) bond motifs is 3. The molecule has 1 fully saturated rings. The van der Waals surface area contributed by atoms with E-state index in [1.54, 1.807) is 6.07 Å². The summed E-state index contributed by atoms with van der Waals surface area (Å²) in [6.45, 7) is 6.13. The van der Waals surface area contributed by atoms with E-state index in [9.17, 15) is 9.18 Å². The third kappa shape index (κ3) is 7.59. The van der Waals surface area contributed by atoms with Crippen molar-refractivity contribution in [3.63, 3.8) is 0 Å². The Morgan fingerprint density at radius 1 is 1.10 bits per heavy atom. The Labute approximate surface area is 236 Å². The number of hydrogen-bond donors (Lipinski definition) is 3. The third-order valence-corrected chi connectivity index (χ3v) is 7.90. The lowest BCUT2D eigenvalue weighted by molar-refractivity contribution is -0.122. The monoisotopic (exact) mass is 557 g/mol. The van der Waals surface area contributed by atoms with Gasteiger partial charge in [0.1, 0.15) is 12.1 Å². The van der Waals surface area contributed by atoms with Gasteiger partial charge >= 0.3 is 0 Å². The first-order chi connectivity index (χ1) is 19.2. The average Bonchev–Trinajstić information content (AvgIpc) is 3.43. The van der Waals surface area contributed by atoms with Gasteiger partial charge in [-0.05, 0) is 76.3 Å². The molecule has 1 atom stereocenters. The van der Waals surface area contributed by atoms with Gasteiger partial charge in [0.25, 0.3) is 6.47 Å². The number of aromatic amines is 1. The summed E-state index contributed by atoms with van der Waals surface area (Å²) in [5.41, 5.74) is 5.03. The number of nitrogens with one attached hydrogen (secondary N) is 1. The Bertz CT molecular complexity index is 1240. The minimum Gasteiger partial charge on any atom is -0.494 e. The number of benzene rings is 2. The smallest absolute Gasteiger partial charge is 0.290 e. The Kier molecular flexibility index (Phi) is 12.6. The number of aromatic nitrogens is 2. The lowest BCUT2D eigenvalue weighted by Crippen LogP contribution is -2.33. The number of rotatable bonds is 4. The van der Waals surface area contributed by atoms with Crippen LogP contribution in [0.15, 0.2) is 30.3 Å². The van der Waals surface area contributed by atoms with Crippen LogP contribution in [0.3, 0.4) is 0 Å². The van der Waals surface area contributed by atoms with Crippen LogP contribution in [0, 0.1) is 11.7 Å². The summed E-state index contributed by atoms with van der Waals surface area (Å²) in [5, 5.41) is 13.9. The van der Waals surface area contributed by atoms with E-state index < -0.39 is 5.41 Å². The first kappa shape index (κ1) is 32.8. The van der Waals surface area contributed by atoms with Crippen molar-refractivity contribution in [2.75, 3.05) is 26.2 Å². The van der Waals surface area contributed by atoms with Crippen molar-refractivity contribution < 1.29 is 28.9 Å². The van der Waals surface area contributed by atoms with E-state index in [4.69, 9.17) is 24.7 Å². The number of halogens is 1. The van der Waals surface area contributed by atoms with Gasteiger partial charge in [0.15, 0.2) is 11.6 Å². The van der Waals surface area contributed by atoms with E-state index in [2.05, 4.69) is 49.8 Å². The summed E-state index contributed by atoms with van der Waals surface area (Å²) in [6.07, 6.45) is 9.42. The van der Waals surface area contributed by atoms with E-state index in [0.29, 0.717) is 12.0 Å². The molecule has 1 unspecified atom stereocenters. The molecule has 0 radical (unpaired) electrons. The number of hydrogen-bond acceptors (Lipinski definition) is 6. The normalized spacial score (nSPS) is 16.7. The summed E-state index contributed by atoms with van der Waals surface area (Å²) in [6, 6.07) is 9.93. The number of aliphatic hydroxyl groups is 1. The number of aliphatic hydroxyl groups excluding tert-OH is 1. The number of nitrogens with zero attached hydrogens (tertiary/aromatic N) is 2. The molecule has 0 amide bonds. The SMILES string of the molecule is CO.COc1ccc(C(C)(C)c2nc3c4c(ccc3[nH]2)N(C)C(C)CC4)cc1F.O=CC1CCCCC1.O=CO. The lowest BCUT2D eigenvalue weighted by Gasteiger charge is -2.33. The number of anilines is 1. The van der Waals surface area contributed by atoms with Crippen LogP contribution >= 0.6 is 0 Å². The Balaban J connectivity index is 0.000000361. The fraction of sp³-hybridized carbons (Fsp3) is 0.516. The van der Waals surface area contributed by atoms with Gasteiger partial charge in [-0.3, -0.25) is 4.79 Å². The van der Waals surface area contributed by atoms with Crippen molar-refractivity contribution in [2.24, 2.45) is 5.92 Å². The standard InChI is InChI=1S/C22H26FN3O.C7H12O.CH2O2.CH4O/c1-13-6-8-15-18(26(13)4)10-9-17-20(15)25-21(24-17)22(2,3)14-7-11-19(27-5)16(23)12-14;8-6-7-4-2-1-3-5-7;2-1-3;1-2/h7,9-13H,6,8H2,1-5H3,(H,24,25);6-7H,1-5H2;1H,(H,2,3);2H,1H3. The summed E-state index contributed by atoms with van der Waals surface area (Å²) >= 11 is 0. The van der Waals surface area contributed by atoms with Crippen molar-refractivity contribution in [3.05, 3.63) is 53.1 Å². The molecule has 1 aliphatic heterocycles. The number of ether oxygens (including phenoxy) is 1. The third-order valence-electron chi connectivity index (χ3n) is 7.90. The molecular weight excluding hydrogens is 513 g/mol. The highest BCUT2D eigenvalue weighted by Gasteiger charge is 2.30. The second-order valence-electron chi connectivity index (χ2n) is 10.7. The highest BCUT2D eigenvalue weighted by Crippen LogP contribution is 2.37.